The van der Waals surface area contributed by atoms with Crippen molar-refractivity contribution in [3.8, 4) is 11.1 Å². The second-order valence-corrected chi connectivity index (χ2v) is 7.72. The minimum atomic E-state index is -1.10. The first-order valence-electron chi connectivity index (χ1n) is 9.30. The Hall–Kier alpha value is -3.08. The van der Waals surface area contributed by atoms with Crippen molar-refractivity contribution in [2.75, 3.05) is 6.61 Å². The molecule has 1 aliphatic rings. The van der Waals surface area contributed by atoms with Gasteiger partial charge in [0.1, 0.15) is 12.6 Å². The van der Waals surface area contributed by atoms with Gasteiger partial charge >= 0.3 is 12.1 Å². The molecule has 0 saturated carbocycles. The van der Waals surface area contributed by atoms with Crippen molar-refractivity contribution in [3.63, 3.8) is 0 Å². The topological polar surface area (TPSA) is 75.6 Å². The highest BCUT2D eigenvalue weighted by molar-refractivity contribution is 5.81. The molecule has 0 aromatic heterocycles. The zero-order valence-corrected chi connectivity index (χ0v) is 16.1. The predicted molar refractivity (Wildman–Crippen MR) is 108 cm³/mol. The molecule has 1 aliphatic carbocycles. The van der Waals surface area contributed by atoms with E-state index >= 15 is 0 Å². The van der Waals surface area contributed by atoms with Crippen molar-refractivity contribution in [3.05, 3.63) is 72.3 Å². The van der Waals surface area contributed by atoms with Gasteiger partial charge in [-0.15, -0.1) is 6.58 Å². The van der Waals surface area contributed by atoms with Crippen molar-refractivity contribution in [1.29, 1.82) is 0 Å². The maximum absolute atomic E-state index is 12.4. The van der Waals surface area contributed by atoms with Gasteiger partial charge in [-0.1, -0.05) is 68.5 Å². The van der Waals surface area contributed by atoms with E-state index in [1.54, 1.807) is 19.9 Å². The van der Waals surface area contributed by atoms with Crippen LogP contribution < -0.4 is 5.32 Å². The zero-order valence-electron chi connectivity index (χ0n) is 16.1. The van der Waals surface area contributed by atoms with Crippen LogP contribution in [-0.2, 0) is 9.53 Å². The summed E-state index contributed by atoms with van der Waals surface area (Å²) in [7, 11) is 0. The predicted octanol–water partition coefficient (Wildman–Crippen LogP) is 4.58. The smallest absolute Gasteiger partial charge is 0.407 e. The fourth-order valence-corrected chi connectivity index (χ4v) is 3.84. The molecule has 146 valence electrons. The van der Waals surface area contributed by atoms with Gasteiger partial charge in [-0.2, -0.15) is 0 Å². The molecule has 1 amide bonds. The SMILES string of the molecule is C=CCC(C)(C)[C@@H](NC(=O)OCC1c2ccccc2-c2ccccc21)C(=O)O. The van der Waals surface area contributed by atoms with Crippen molar-refractivity contribution in [2.45, 2.75) is 32.2 Å². The molecule has 2 aromatic carbocycles. The third-order valence-electron chi connectivity index (χ3n) is 5.30. The second kappa shape index (κ2) is 7.89. The van der Waals surface area contributed by atoms with Crippen molar-refractivity contribution in [1.82, 2.24) is 5.32 Å². The highest BCUT2D eigenvalue weighted by Gasteiger charge is 2.36. The van der Waals surface area contributed by atoms with Crippen LogP contribution in [0.1, 0.15) is 37.3 Å². The van der Waals surface area contributed by atoms with Crippen LogP contribution in [-0.4, -0.2) is 29.8 Å². The van der Waals surface area contributed by atoms with Crippen LogP contribution in [0, 0.1) is 5.41 Å². The first-order chi connectivity index (χ1) is 13.3. The first-order valence-corrected chi connectivity index (χ1v) is 9.30. The number of alkyl carbamates (subject to hydrolysis) is 1. The molecule has 28 heavy (non-hydrogen) atoms. The fourth-order valence-electron chi connectivity index (χ4n) is 3.84. The van der Waals surface area contributed by atoms with Crippen molar-refractivity contribution >= 4 is 12.1 Å². The molecule has 5 heteroatoms. The summed E-state index contributed by atoms with van der Waals surface area (Å²) in [5.74, 6) is -1.16. The van der Waals surface area contributed by atoms with E-state index in [1.807, 2.05) is 36.4 Å². The summed E-state index contributed by atoms with van der Waals surface area (Å²) in [5.41, 5.74) is 3.82. The molecular formula is C23H25NO4. The number of benzene rings is 2. The lowest BCUT2D eigenvalue weighted by molar-refractivity contribution is -0.142. The molecule has 0 radical (unpaired) electrons. The average molecular weight is 379 g/mol. The Balaban J connectivity index is 1.73. The van der Waals surface area contributed by atoms with Gasteiger partial charge in [0.25, 0.3) is 0 Å². The van der Waals surface area contributed by atoms with Crippen LogP contribution in [0.3, 0.4) is 0 Å². The van der Waals surface area contributed by atoms with Gasteiger partial charge < -0.3 is 15.2 Å². The third kappa shape index (κ3) is 3.79. The number of ether oxygens (including phenoxy) is 1. The Morgan fingerprint density at radius 1 is 1.14 bits per heavy atom. The van der Waals surface area contributed by atoms with Gasteiger partial charge in [0.2, 0.25) is 0 Å². The minimum Gasteiger partial charge on any atom is -0.480 e. The van der Waals surface area contributed by atoms with Gasteiger partial charge in [0.05, 0.1) is 0 Å². The number of nitrogens with one attached hydrogen (secondary N) is 1. The summed E-state index contributed by atoms with van der Waals surface area (Å²) in [5, 5.41) is 12.0. The molecule has 0 fully saturated rings. The lowest BCUT2D eigenvalue weighted by atomic mass is 9.81. The number of carbonyl (C=O) groups excluding carboxylic acids is 1. The number of carboxylic acids is 1. The first kappa shape index (κ1) is 19.7. The maximum atomic E-state index is 12.4. The van der Waals surface area contributed by atoms with E-state index in [0.29, 0.717) is 6.42 Å². The Morgan fingerprint density at radius 3 is 2.18 bits per heavy atom. The second-order valence-electron chi connectivity index (χ2n) is 7.72. The quantitative estimate of drug-likeness (QED) is 0.691. The summed E-state index contributed by atoms with van der Waals surface area (Å²) >= 11 is 0. The van der Waals surface area contributed by atoms with E-state index in [0.717, 1.165) is 22.3 Å². The average Bonchev–Trinajstić information content (AvgIpc) is 2.98. The highest BCUT2D eigenvalue weighted by atomic mass is 16.5. The standard InChI is InChI=1S/C23H25NO4/c1-4-13-23(2,3)20(21(25)26)24-22(27)28-14-19-17-11-7-5-9-15(17)16-10-6-8-12-18(16)19/h4-12,19-20H,1,13-14H2,2-3H3,(H,24,27)(H,25,26)/t20-/m0/s1. The molecule has 1 atom stereocenters. The number of aliphatic carboxylic acids is 1. The number of carbonyl (C=O) groups is 2. The fraction of sp³-hybridized carbons (Fsp3) is 0.304. The van der Waals surface area contributed by atoms with Gasteiger partial charge in [0.15, 0.2) is 0 Å². The molecule has 0 saturated heterocycles. The Kier molecular flexibility index (Phi) is 5.54. The van der Waals surface area contributed by atoms with E-state index in [1.165, 1.54) is 0 Å². The summed E-state index contributed by atoms with van der Waals surface area (Å²) in [4.78, 5) is 24.0. The normalized spacial score (nSPS) is 13.9. The number of hydrogen-bond donors (Lipinski definition) is 2. The van der Waals surface area contributed by atoms with E-state index < -0.39 is 23.5 Å². The highest BCUT2D eigenvalue weighted by Crippen LogP contribution is 2.44. The minimum absolute atomic E-state index is 0.0670. The maximum Gasteiger partial charge on any atom is 0.407 e. The molecule has 0 aliphatic heterocycles. The number of amides is 1. The molecule has 5 nitrogen and oxygen atoms in total. The molecule has 0 unspecified atom stereocenters. The number of fused-ring (bicyclic) bond motifs is 3. The van der Waals surface area contributed by atoms with Crippen LogP contribution in [0.4, 0.5) is 4.79 Å². The van der Waals surface area contributed by atoms with Crippen molar-refractivity contribution in [2.24, 2.45) is 5.41 Å². The lowest BCUT2D eigenvalue weighted by Crippen LogP contribution is -2.50. The van der Waals surface area contributed by atoms with Crippen LogP contribution in [0.15, 0.2) is 61.2 Å². The number of allylic oxidation sites excluding steroid dienone is 1. The molecule has 2 N–H and O–H groups in total. The van der Waals surface area contributed by atoms with E-state index in [4.69, 9.17) is 4.74 Å². The van der Waals surface area contributed by atoms with Crippen molar-refractivity contribution < 1.29 is 19.4 Å². The molecule has 2 aromatic rings. The molecular weight excluding hydrogens is 354 g/mol. The number of rotatable bonds is 7. The van der Waals surface area contributed by atoms with Crippen LogP contribution >= 0.6 is 0 Å². The summed E-state index contributed by atoms with van der Waals surface area (Å²) < 4.78 is 5.45. The van der Waals surface area contributed by atoms with Crippen LogP contribution in [0.2, 0.25) is 0 Å². The van der Waals surface area contributed by atoms with Gasteiger partial charge in [0, 0.05) is 5.92 Å². The summed E-state index contributed by atoms with van der Waals surface area (Å²) in [6.45, 7) is 7.36. The van der Waals surface area contributed by atoms with E-state index in [2.05, 4.69) is 24.0 Å². The van der Waals surface area contributed by atoms with Crippen LogP contribution in [0.25, 0.3) is 11.1 Å². The Morgan fingerprint density at radius 2 is 1.68 bits per heavy atom. The van der Waals surface area contributed by atoms with E-state index in [-0.39, 0.29) is 12.5 Å². The Bertz CT molecular complexity index is 857. The number of hydrogen-bond acceptors (Lipinski definition) is 3. The molecule has 0 heterocycles. The van der Waals surface area contributed by atoms with Gasteiger partial charge in [-0.05, 0) is 34.1 Å². The van der Waals surface area contributed by atoms with Gasteiger partial charge in [-0.3, -0.25) is 0 Å². The Labute approximate surface area is 165 Å². The lowest BCUT2D eigenvalue weighted by Gasteiger charge is -2.30. The molecule has 0 spiro atoms. The summed E-state index contributed by atoms with van der Waals surface area (Å²) in [6.07, 6.45) is 1.37. The van der Waals surface area contributed by atoms with Gasteiger partial charge in [-0.25, -0.2) is 9.59 Å². The number of carboxylic acid groups (broad SMARTS) is 1. The molecule has 0 bridgehead atoms. The zero-order chi connectivity index (χ0) is 20.3. The molecule has 3 rings (SSSR count). The van der Waals surface area contributed by atoms with E-state index in [9.17, 15) is 14.7 Å². The third-order valence-corrected chi connectivity index (χ3v) is 5.30. The monoisotopic (exact) mass is 379 g/mol. The largest absolute Gasteiger partial charge is 0.480 e. The van der Waals surface area contributed by atoms with Crippen LogP contribution in [0.5, 0.6) is 0 Å². The summed E-state index contributed by atoms with van der Waals surface area (Å²) in [6, 6.07) is 15.0.